The second-order valence-electron chi connectivity index (χ2n) is 7.27. The molecular weight excluding hydrogens is 408 g/mol. The summed E-state index contributed by atoms with van der Waals surface area (Å²) in [6.07, 6.45) is 2.47. The van der Waals surface area contributed by atoms with Crippen LogP contribution in [0.1, 0.15) is 52.4 Å². The first-order valence-corrected chi connectivity index (χ1v) is 10.8. The van der Waals surface area contributed by atoms with Crippen molar-refractivity contribution in [3.8, 4) is 0 Å². The van der Waals surface area contributed by atoms with E-state index in [-0.39, 0.29) is 36.5 Å². The summed E-state index contributed by atoms with van der Waals surface area (Å²) < 4.78 is 0. The topological polar surface area (TPSA) is 116 Å². The summed E-state index contributed by atoms with van der Waals surface area (Å²) in [4.78, 5) is 47.3. The second kappa shape index (κ2) is 12.9. The molecule has 2 rings (SSSR count). The Morgan fingerprint density at radius 3 is 1.19 bits per heavy atom. The third-order valence-electron chi connectivity index (χ3n) is 4.56. The van der Waals surface area contributed by atoms with Crippen LogP contribution in [-0.2, 0) is 19.2 Å². The highest BCUT2D eigenvalue weighted by Gasteiger charge is 2.07. The monoisotopic (exact) mass is 438 g/mol. The first-order valence-electron chi connectivity index (χ1n) is 10.8. The van der Waals surface area contributed by atoms with Gasteiger partial charge in [0.2, 0.25) is 23.6 Å². The molecule has 170 valence electrons. The number of amides is 4. The van der Waals surface area contributed by atoms with Crippen LogP contribution >= 0.6 is 0 Å². The quantitative estimate of drug-likeness (QED) is 0.386. The van der Waals surface area contributed by atoms with E-state index in [1.165, 1.54) is 0 Å². The number of carbonyl (C=O) groups is 4. The molecule has 2 aromatic carbocycles. The molecule has 0 saturated carbocycles. The molecule has 8 nitrogen and oxygen atoms in total. The van der Waals surface area contributed by atoms with Crippen molar-refractivity contribution >= 4 is 46.4 Å². The molecule has 0 aliphatic carbocycles. The lowest BCUT2D eigenvalue weighted by atomic mass is 10.1. The van der Waals surface area contributed by atoms with Crippen molar-refractivity contribution in [1.82, 2.24) is 0 Å². The number of hydrogen-bond acceptors (Lipinski definition) is 4. The fourth-order valence-electron chi connectivity index (χ4n) is 2.87. The number of carbonyl (C=O) groups excluding carboxylic acids is 4. The molecule has 0 bridgehead atoms. The van der Waals surface area contributed by atoms with Gasteiger partial charge in [0.1, 0.15) is 0 Å². The van der Waals surface area contributed by atoms with Crippen molar-refractivity contribution in [3.05, 3.63) is 48.5 Å². The van der Waals surface area contributed by atoms with Crippen LogP contribution in [0, 0.1) is 0 Å². The van der Waals surface area contributed by atoms with Gasteiger partial charge in [0.15, 0.2) is 0 Å². The van der Waals surface area contributed by atoms with E-state index in [0.29, 0.717) is 48.4 Å². The van der Waals surface area contributed by atoms with Crippen molar-refractivity contribution in [2.75, 3.05) is 21.3 Å². The predicted octanol–water partition coefficient (Wildman–Crippen LogP) is 4.52. The van der Waals surface area contributed by atoms with Gasteiger partial charge in [-0.2, -0.15) is 0 Å². The Balaban J connectivity index is 1.71. The molecule has 0 aromatic heterocycles. The van der Waals surface area contributed by atoms with E-state index >= 15 is 0 Å². The molecule has 2 aromatic rings. The van der Waals surface area contributed by atoms with Gasteiger partial charge >= 0.3 is 0 Å². The lowest BCUT2D eigenvalue weighted by Gasteiger charge is -2.09. The second-order valence-corrected chi connectivity index (χ2v) is 7.27. The fourth-order valence-corrected chi connectivity index (χ4v) is 2.87. The maximum atomic E-state index is 12.2. The van der Waals surface area contributed by atoms with E-state index in [1.54, 1.807) is 62.4 Å². The molecule has 0 aliphatic heterocycles. The normalized spacial score (nSPS) is 10.2. The average Bonchev–Trinajstić information content (AvgIpc) is 2.77. The van der Waals surface area contributed by atoms with Gasteiger partial charge in [-0.1, -0.05) is 26.0 Å². The van der Waals surface area contributed by atoms with Crippen LogP contribution in [-0.4, -0.2) is 23.6 Å². The maximum Gasteiger partial charge on any atom is 0.224 e. The first kappa shape index (κ1) is 24.6. The summed E-state index contributed by atoms with van der Waals surface area (Å²) in [6, 6.07) is 14.0. The summed E-state index contributed by atoms with van der Waals surface area (Å²) in [5.41, 5.74) is 2.47. The molecule has 0 saturated heterocycles. The standard InChI is InChI=1S/C24H30N4O4/c1-3-21(29)25-17-9-7-11-19(15-17)27-23(31)13-5-6-14-24(32)28-20-12-8-10-18(16-20)26-22(30)4-2/h7-12,15-16H,3-6,13-14H2,1-2H3,(H,25,29)(H,26,30)(H,27,31)(H,28,32). The summed E-state index contributed by atoms with van der Waals surface area (Å²) in [5.74, 6) is -0.485. The van der Waals surface area contributed by atoms with Crippen molar-refractivity contribution in [2.24, 2.45) is 0 Å². The van der Waals surface area contributed by atoms with Gasteiger partial charge < -0.3 is 21.3 Å². The molecule has 0 radical (unpaired) electrons. The lowest BCUT2D eigenvalue weighted by molar-refractivity contribution is -0.118. The number of nitrogens with one attached hydrogen (secondary N) is 4. The average molecular weight is 439 g/mol. The van der Waals surface area contributed by atoms with Gasteiger partial charge in [0.25, 0.3) is 0 Å². The Morgan fingerprint density at radius 2 is 0.875 bits per heavy atom. The Kier molecular flexibility index (Phi) is 9.90. The highest BCUT2D eigenvalue weighted by molar-refractivity contribution is 5.95. The highest BCUT2D eigenvalue weighted by atomic mass is 16.2. The van der Waals surface area contributed by atoms with Gasteiger partial charge in [-0.3, -0.25) is 19.2 Å². The van der Waals surface area contributed by atoms with E-state index in [4.69, 9.17) is 0 Å². The largest absolute Gasteiger partial charge is 0.326 e. The van der Waals surface area contributed by atoms with Crippen LogP contribution in [0.3, 0.4) is 0 Å². The number of unbranched alkanes of at least 4 members (excludes halogenated alkanes) is 1. The van der Waals surface area contributed by atoms with Crippen molar-refractivity contribution in [3.63, 3.8) is 0 Å². The first-order chi connectivity index (χ1) is 15.4. The van der Waals surface area contributed by atoms with Crippen LogP contribution in [0.15, 0.2) is 48.5 Å². The number of rotatable bonds is 11. The van der Waals surface area contributed by atoms with Crippen molar-refractivity contribution < 1.29 is 19.2 Å². The van der Waals surface area contributed by atoms with Gasteiger partial charge in [0, 0.05) is 48.4 Å². The number of hydrogen-bond donors (Lipinski definition) is 4. The predicted molar refractivity (Wildman–Crippen MR) is 126 cm³/mol. The smallest absolute Gasteiger partial charge is 0.224 e. The molecule has 0 heterocycles. The van der Waals surface area contributed by atoms with Crippen LogP contribution in [0.25, 0.3) is 0 Å². The molecule has 0 aliphatic rings. The summed E-state index contributed by atoms with van der Waals surface area (Å²) in [6.45, 7) is 3.54. The highest BCUT2D eigenvalue weighted by Crippen LogP contribution is 2.17. The van der Waals surface area contributed by atoms with Gasteiger partial charge in [0.05, 0.1) is 0 Å². The Morgan fingerprint density at radius 1 is 0.562 bits per heavy atom. The summed E-state index contributed by atoms with van der Waals surface area (Å²) >= 11 is 0. The van der Waals surface area contributed by atoms with Crippen molar-refractivity contribution in [2.45, 2.75) is 52.4 Å². The van der Waals surface area contributed by atoms with E-state index in [0.717, 1.165) is 0 Å². The van der Waals surface area contributed by atoms with Gasteiger partial charge in [-0.05, 0) is 49.2 Å². The molecule has 4 N–H and O–H groups in total. The van der Waals surface area contributed by atoms with Crippen LogP contribution in [0.2, 0.25) is 0 Å². The zero-order valence-corrected chi connectivity index (χ0v) is 18.5. The molecule has 32 heavy (non-hydrogen) atoms. The Labute approximate surface area is 188 Å². The van der Waals surface area contributed by atoms with Gasteiger partial charge in [-0.15, -0.1) is 0 Å². The Hall–Kier alpha value is -3.68. The van der Waals surface area contributed by atoms with Crippen LogP contribution < -0.4 is 21.3 Å². The molecular formula is C24H30N4O4. The molecule has 8 heteroatoms. The van der Waals surface area contributed by atoms with Crippen LogP contribution in [0.5, 0.6) is 0 Å². The lowest BCUT2D eigenvalue weighted by Crippen LogP contribution is -2.14. The molecule has 0 fully saturated rings. The Bertz CT molecular complexity index is 881. The molecule has 0 unspecified atom stereocenters. The molecule has 4 amide bonds. The minimum absolute atomic E-state index is 0.0933. The molecule has 0 atom stereocenters. The van der Waals surface area contributed by atoms with Crippen LogP contribution in [0.4, 0.5) is 22.7 Å². The van der Waals surface area contributed by atoms with E-state index in [1.807, 2.05) is 0 Å². The molecule has 0 spiro atoms. The van der Waals surface area contributed by atoms with E-state index in [9.17, 15) is 19.2 Å². The van der Waals surface area contributed by atoms with Crippen molar-refractivity contribution in [1.29, 1.82) is 0 Å². The maximum absolute atomic E-state index is 12.2. The number of anilines is 4. The third kappa shape index (κ3) is 8.99. The summed E-state index contributed by atoms with van der Waals surface area (Å²) in [7, 11) is 0. The fraction of sp³-hybridized carbons (Fsp3) is 0.333. The minimum atomic E-state index is -0.149. The SMILES string of the molecule is CCC(=O)Nc1cccc(NC(=O)CCCCC(=O)Nc2cccc(NC(=O)CC)c2)c1. The number of benzene rings is 2. The van der Waals surface area contributed by atoms with Gasteiger partial charge in [-0.25, -0.2) is 0 Å². The van der Waals surface area contributed by atoms with E-state index in [2.05, 4.69) is 21.3 Å². The zero-order valence-electron chi connectivity index (χ0n) is 18.5. The van der Waals surface area contributed by atoms with E-state index < -0.39 is 0 Å². The minimum Gasteiger partial charge on any atom is -0.326 e. The zero-order chi connectivity index (χ0) is 23.3. The third-order valence-corrected chi connectivity index (χ3v) is 4.56. The summed E-state index contributed by atoms with van der Waals surface area (Å²) in [5, 5.41) is 11.1.